The summed E-state index contributed by atoms with van der Waals surface area (Å²) < 4.78 is 5.05. The third kappa shape index (κ3) is 2.99. The summed E-state index contributed by atoms with van der Waals surface area (Å²) in [7, 11) is 0. The maximum Gasteiger partial charge on any atom is 0.334 e. The summed E-state index contributed by atoms with van der Waals surface area (Å²) >= 11 is 1.19. The molecule has 1 N–H and O–H groups in total. The monoisotopic (exact) mass is 283 g/mol. The predicted molar refractivity (Wildman–Crippen MR) is 67.6 cm³/mol. The third-order valence-corrected chi connectivity index (χ3v) is 3.76. The highest BCUT2D eigenvalue weighted by Crippen LogP contribution is 2.19. The van der Waals surface area contributed by atoms with Crippen LogP contribution in [0.3, 0.4) is 0 Å². The van der Waals surface area contributed by atoms with Gasteiger partial charge in [0.25, 0.3) is 5.91 Å². The first-order valence-electron chi connectivity index (χ1n) is 5.72. The molecule has 2 heterocycles. The highest BCUT2D eigenvalue weighted by atomic mass is 32.1. The molecule has 1 fully saturated rings. The fraction of sp³-hybridized carbons (Fsp3) is 0.417. The number of hydrogen-bond acceptors (Lipinski definition) is 5. The Kier molecular flexibility index (Phi) is 3.96. The molecule has 1 saturated heterocycles. The minimum atomic E-state index is -1.08. The Hall–Kier alpha value is -1.73. The van der Waals surface area contributed by atoms with Crippen molar-refractivity contribution in [2.75, 3.05) is 19.7 Å². The number of carbonyl (C=O) groups is 3. The molecular formula is C12H13NO5S. The molecule has 2 rings (SSSR count). The second-order valence-electron chi connectivity index (χ2n) is 4.20. The van der Waals surface area contributed by atoms with Gasteiger partial charge in [-0.05, 0) is 13.0 Å². The van der Waals surface area contributed by atoms with Crippen molar-refractivity contribution in [1.29, 1.82) is 0 Å². The van der Waals surface area contributed by atoms with Gasteiger partial charge in [-0.3, -0.25) is 9.59 Å². The number of carbonyl (C=O) groups excluding carboxylic acids is 2. The molecular weight excluding hydrogens is 270 g/mol. The standard InChI is InChI=1S/C12H13NO5S/c1-7(14)8-4-10(19-6-8)11(15)13-2-3-18-9(5-13)12(16)17/h4,6,9H,2-3,5H2,1H3,(H,16,17). The van der Waals surface area contributed by atoms with E-state index in [-0.39, 0.29) is 24.8 Å². The van der Waals surface area contributed by atoms with Gasteiger partial charge in [0.15, 0.2) is 11.9 Å². The number of amides is 1. The molecule has 1 amide bonds. The van der Waals surface area contributed by atoms with Crippen LogP contribution in [0.2, 0.25) is 0 Å². The fourth-order valence-corrected chi connectivity index (χ4v) is 2.68. The fourth-order valence-electron chi connectivity index (χ4n) is 1.77. The smallest absolute Gasteiger partial charge is 0.334 e. The van der Waals surface area contributed by atoms with Crippen LogP contribution in [0, 0.1) is 0 Å². The second-order valence-corrected chi connectivity index (χ2v) is 5.12. The van der Waals surface area contributed by atoms with Crippen LogP contribution in [0.15, 0.2) is 11.4 Å². The third-order valence-electron chi connectivity index (χ3n) is 2.85. The number of carboxylic acid groups (broad SMARTS) is 1. The van der Waals surface area contributed by atoms with Crippen molar-refractivity contribution in [1.82, 2.24) is 4.90 Å². The van der Waals surface area contributed by atoms with Crippen LogP contribution in [0.1, 0.15) is 27.0 Å². The lowest BCUT2D eigenvalue weighted by Gasteiger charge is -2.30. The largest absolute Gasteiger partial charge is 0.479 e. The van der Waals surface area contributed by atoms with Crippen LogP contribution in [0.25, 0.3) is 0 Å². The van der Waals surface area contributed by atoms with Gasteiger partial charge in [-0.1, -0.05) is 0 Å². The number of aliphatic carboxylic acids is 1. The van der Waals surface area contributed by atoms with E-state index in [1.54, 1.807) is 11.4 Å². The van der Waals surface area contributed by atoms with E-state index in [9.17, 15) is 14.4 Å². The predicted octanol–water partition coefficient (Wildman–Crippen LogP) is 0.876. The Morgan fingerprint density at radius 3 is 2.79 bits per heavy atom. The van der Waals surface area contributed by atoms with Crippen LogP contribution in [-0.4, -0.2) is 53.5 Å². The summed E-state index contributed by atoms with van der Waals surface area (Å²) in [6.07, 6.45) is -0.982. The van der Waals surface area contributed by atoms with Crippen LogP contribution in [-0.2, 0) is 9.53 Å². The molecule has 1 aliphatic heterocycles. The average Bonchev–Trinajstić information content (AvgIpc) is 2.87. The van der Waals surface area contributed by atoms with Crippen molar-refractivity contribution in [3.8, 4) is 0 Å². The zero-order chi connectivity index (χ0) is 14.0. The molecule has 0 saturated carbocycles. The Morgan fingerprint density at radius 2 is 2.21 bits per heavy atom. The molecule has 1 aromatic rings. The van der Waals surface area contributed by atoms with E-state index in [4.69, 9.17) is 9.84 Å². The lowest BCUT2D eigenvalue weighted by molar-refractivity contribution is -0.154. The molecule has 19 heavy (non-hydrogen) atoms. The van der Waals surface area contributed by atoms with Crippen LogP contribution in [0.5, 0.6) is 0 Å². The van der Waals surface area contributed by atoms with Crippen LogP contribution < -0.4 is 0 Å². The van der Waals surface area contributed by atoms with Gasteiger partial charge in [0.05, 0.1) is 18.0 Å². The number of rotatable bonds is 3. The SMILES string of the molecule is CC(=O)c1csc(C(=O)N2CCOC(C(=O)O)C2)c1. The van der Waals surface area contributed by atoms with Gasteiger partial charge >= 0.3 is 5.97 Å². The maximum atomic E-state index is 12.2. The quantitative estimate of drug-likeness (QED) is 0.832. The molecule has 0 aromatic carbocycles. The van der Waals surface area contributed by atoms with Gasteiger partial charge in [0.2, 0.25) is 0 Å². The number of morpholine rings is 1. The molecule has 7 heteroatoms. The van der Waals surface area contributed by atoms with E-state index in [0.29, 0.717) is 17.0 Å². The van der Waals surface area contributed by atoms with Crippen LogP contribution in [0.4, 0.5) is 0 Å². The molecule has 1 aromatic heterocycles. The Labute approximate surface area is 113 Å². The number of carboxylic acids is 1. The highest BCUT2D eigenvalue weighted by molar-refractivity contribution is 7.12. The number of ether oxygens (including phenoxy) is 1. The number of thiophene rings is 1. The van der Waals surface area contributed by atoms with Crippen molar-refractivity contribution in [3.63, 3.8) is 0 Å². The zero-order valence-electron chi connectivity index (χ0n) is 10.3. The Bertz CT molecular complexity index is 524. The van der Waals surface area contributed by atoms with Crippen molar-refractivity contribution >= 4 is 29.0 Å². The summed E-state index contributed by atoms with van der Waals surface area (Å²) in [6, 6.07) is 1.54. The minimum Gasteiger partial charge on any atom is -0.479 e. The zero-order valence-corrected chi connectivity index (χ0v) is 11.1. The maximum absolute atomic E-state index is 12.2. The van der Waals surface area contributed by atoms with Gasteiger partial charge in [0.1, 0.15) is 0 Å². The van der Waals surface area contributed by atoms with E-state index in [1.165, 1.54) is 23.2 Å². The van der Waals surface area contributed by atoms with E-state index in [1.807, 2.05) is 0 Å². The van der Waals surface area contributed by atoms with E-state index in [0.717, 1.165) is 0 Å². The lowest BCUT2D eigenvalue weighted by Crippen LogP contribution is -2.48. The van der Waals surface area contributed by atoms with E-state index >= 15 is 0 Å². The van der Waals surface area contributed by atoms with Crippen molar-refractivity contribution in [2.45, 2.75) is 13.0 Å². The number of Topliss-reactive ketones (excluding diaryl/α,β-unsaturated/α-hetero) is 1. The molecule has 0 bridgehead atoms. The molecule has 0 radical (unpaired) electrons. The Balaban J connectivity index is 2.10. The van der Waals surface area contributed by atoms with Gasteiger partial charge < -0.3 is 14.7 Å². The van der Waals surface area contributed by atoms with Gasteiger partial charge in [0, 0.05) is 17.5 Å². The summed E-state index contributed by atoms with van der Waals surface area (Å²) in [5.41, 5.74) is 0.497. The van der Waals surface area contributed by atoms with Gasteiger partial charge in [-0.2, -0.15) is 0 Å². The van der Waals surface area contributed by atoms with Gasteiger partial charge in [-0.25, -0.2) is 4.79 Å². The molecule has 1 aliphatic rings. The molecule has 0 spiro atoms. The van der Waals surface area contributed by atoms with Crippen LogP contribution >= 0.6 is 11.3 Å². The first-order chi connectivity index (χ1) is 8.99. The second kappa shape index (κ2) is 5.50. The first kappa shape index (κ1) is 13.7. The average molecular weight is 283 g/mol. The van der Waals surface area contributed by atoms with Crippen molar-refractivity contribution in [2.24, 2.45) is 0 Å². The molecule has 102 valence electrons. The normalized spacial score (nSPS) is 19.2. The van der Waals surface area contributed by atoms with E-state index < -0.39 is 12.1 Å². The van der Waals surface area contributed by atoms with Crippen molar-refractivity contribution in [3.05, 3.63) is 21.9 Å². The minimum absolute atomic E-state index is 0.0292. The molecule has 1 atom stereocenters. The Morgan fingerprint density at radius 1 is 1.47 bits per heavy atom. The summed E-state index contributed by atoms with van der Waals surface area (Å²) in [4.78, 5) is 36.1. The molecule has 0 aliphatic carbocycles. The van der Waals surface area contributed by atoms with Crippen molar-refractivity contribution < 1.29 is 24.2 Å². The summed E-state index contributed by atoms with van der Waals surface area (Å²) in [6.45, 7) is 2.02. The van der Waals surface area contributed by atoms with E-state index in [2.05, 4.69) is 0 Å². The number of ketones is 1. The molecule has 1 unspecified atom stereocenters. The van der Waals surface area contributed by atoms with Gasteiger partial charge in [-0.15, -0.1) is 11.3 Å². The highest BCUT2D eigenvalue weighted by Gasteiger charge is 2.30. The molecule has 6 nitrogen and oxygen atoms in total. The summed E-state index contributed by atoms with van der Waals surface area (Å²) in [5, 5.41) is 10.5. The first-order valence-corrected chi connectivity index (χ1v) is 6.60. The number of nitrogens with zero attached hydrogens (tertiary/aromatic N) is 1. The topological polar surface area (TPSA) is 83.9 Å². The number of hydrogen-bond donors (Lipinski definition) is 1. The lowest BCUT2D eigenvalue weighted by atomic mass is 10.2. The summed E-state index contributed by atoms with van der Waals surface area (Å²) in [5.74, 6) is -1.43.